The summed E-state index contributed by atoms with van der Waals surface area (Å²) in [6.45, 7) is 2.79. The van der Waals surface area contributed by atoms with Gasteiger partial charge in [-0.15, -0.1) is 0 Å². The van der Waals surface area contributed by atoms with Crippen LogP contribution in [0, 0.1) is 18.8 Å². The third kappa shape index (κ3) is 2.90. The number of carbonyl (C=O) groups is 1. The molecule has 23 heavy (non-hydrogen) atoms. The molecule has 1 N–H and O–H groups in total. The largest absolute Gasteiger partial charge is 0.349 e. The van der Waals surface area contributed by atoms with E-state index in [1.165, 1.54) is 31.2 Å². The highest BCUT2D eigenvalue weighted by Crippen LogP contribution is 2.44. The van der Waals surface area contributed by atoms with Crippen LogP contribution in [-0.4, -0.2) is 21.5 Å². The van der Waals surface area contributed by atoms with Gasteiger partial charge in [0.15, 0.2) is 0 Å². The van der Waals surface area contributed by atoms with Crippen LogP contribution in [0.4, 0.5) is 0 Å². The van der Waals surface area contributed by atoms with E-state index < -0.39 is 0 Å². The summed E-state index contributed by atoms with van der Waals surface area (Å²) >= 11 is 0. The van der Waals surface area contributed by atoms with Crippen LogP contribution in [0.1, 0.15) is 47.4 Å². The molecule has 2 aliphatic carbocycles. The van der Waals surface area contributed by atoms with Gasteiger partial charge >= 0.3 is 0 Å². The monoisotopic (exact) mass is 309 g/mol. The maximum Gasteiger partial charge on any atom is 0.251 e. The van der Waals surface area contributed by atoms with E-state index in [-0.39, 0.29) is 5.91 Å². The van der Waals surface area contributed by atoms with Crippen molar-refractivity contribution < 1.29 is 4.79 Å². The number of benzene rings is 1. The number of carbonyl (C=O) groups excluding carboxylic acids is 1. The first-order chi connectivity index (χ1) is 11.2. The standard InChI is InChI=1S/C19H23N3O/c1-13-20-8-9-22(13)12-14-2-5-16(6-3-14)19(23)21-18-11-15-4-7-17(18)10-15/h2-3,5-6,8-9,15,17-18H,4,7,10-12H2,1H3,(H,21,23)/t15-,17-,18-/m1/s1. The van der Waals surface area contributed by atoms with Gasteiger partial charge < -0.3 is 9.88 Å². The lowest BCUT2D eigenvalue weighted by Crippen LogP contribution is -2.38. The zero-order valence-electron chi connectivity index (χ0n) is 13.5. The summed E-state index contributed by atoms with van der Waals surface area (Å²) in [6.07, 6.45) is 8.93. The maximum absolute atomic E-state index is 12.4. The molecule has 1 heterocycles. The summed E-state index contributed by atoms with van der Waals surface area (Å²) in [6, 6.07) is 8.34. The molecule has 0 saturated heterocycles. The molecule has 0 spiro atoms. The van der Waals surface area contributed by atoms with Gasteiger partial charge in [0.2, 0.25) is 0 Å². The summed E-state index contributed by atoms with van der Waals surface area (Å²) in [4.78, 5) is 16.7. The van der Waals surface area contributed by atoms with Crippen LogP contribution >= 0.6 is 0 Å². The predicted molar refractivity (Wildman–Crippen MR) is 89.2 cm³/mol. The third-order valence-corrected chi connectivity index (χ3v) is 5.55. The Balaban J connectivity index is 1.39. The fraction of sp³-hybridized carbons (Fsp3) is 0.474. The van der Waals surface area contributed by atoms with Crippen molar-refractivity contribution in [2.24, 2.45) is 11.8 Å². The summed E-state index contributed by atoms with van der Waals surface area (Å²) < 4.78 is 2.10. The van der Waals surface area contributed by atoms with Crippen LogP contribution in [0.25, 0.3) is 0 Å². The highest BCUT2D eigenvalue weighted by molar-refractivity contribution is 5.94. The van der Waals surface area contributed by atoms with Gasteiger partial charge in [0.05, 0.1) is 0 Å². The first-order valence-electron chi connectivity index (χ1n) is 8.56. The lowest BCUT2D eigenvalue weighted by Gasteiger charge is -2.22. The summed E-state index contributed by atoms with van der Waals surface area (Å²) in [5, 5.41) is 3.25. The smallest absolute Gasteiger partial charge is 0.251 e. The average molecular weight is 309 g/mol. The molecule has 2 aliphatic rings. The third-order valence-electron chi connectivity index (χ3n) is 5.55. The Hall–Kier alpha value is -2.10. The van der Waals surface area contributed by atoms with Crippen LogP contribution < -0.4 is 5.32 Å². The van der Waals surface area contributed by atoms with Gasteiger partial charge in [-0.2, -0.15) is 0 Å². The van der Waals surface area contributed by atoms with Crippen molar-refractivity contribution >= 4 is 5.91 Å². The summed E-state index contributed by atoms with van der Waals surface area (Å²) in [7, 11) is 0. The van der Waals surface area contributed by atoms with E-state index in [1.807, 2.05) is 43.6 Å². The number of nitrogens with one attached hydrogen (secondary N) is 1. The second-order valence-corrected chi connectivity index (χ2v) is 7.05. The van der Waals surface area contributed by atoms with Crippen LogP contribution in [0.3, 0.4) is 0 Å². The molecule has 4 nitrogen and oxygen atoms in total. The number of nitrogens with zero attached hydrogens (tertiary/aromatic N) is 2. The molecule has 2 fully saturated rings. The highest BCUT2D eigenvalue weighted by Gasteiger charge is 2.40. The number of amides is 1. The molecule has 0 radical (unpaired) electrons. The van der Waals surface area contributed by atoms with Gasteiger partial charge in [-0.05, 0) is 55.7 Å². The zero-order chi connectivity index (χ0) is 15.8. The first-order valence-corrected chi connectivity index (χ1v) is 8.56. The number of hydrogen-bond donors (Lipinski definition) is 1. The zero-order valence-corrected chi connectivity index (χ0v) is 13.5. The molecule has 0 aliphatic heterocycles. The summed E-state index contributed by atoms with van der Waals surface area (Å²) in [5.41, 5.74) is 1.95. The van der Waals surface area contributed by atoms with Crippen LogP contribution in [0.15, 0.2) is 36.7 Å². The fourth-order valence-electron chi connectivity index (χ4n) is 4.20. The SMILES string of the molecule is Cc1nccn1Cc1ccc(C(=O)N[C@@H]2C[C@@H]3CC[C@@H]2C3)cc1. The Morgan fingerprint density at radius 2 is 2.09 bits per heavy atom. The van der Waals surface area contributed by atoms with Crippen LogP contribution in [0.2, 0.25) is 0 Å². The van der Waals surface area contributed by atoms with Gasteiger partial charge in [-0.1, -0.05) is 18.6 Å². The number of fused-ring (bicyclic) bond motifs is 2. The quantitative estimate of drug-likeness (QED) is 0.943. The van der Waals surface area contributed by atoms with Gasteiger partial charge in [-0.25, -0.2) is 4.98 Å². The minimum atomic E-state index is 0.0768. The van der Waals surface area contributed by atoms with E-state index in [2.05, 4.69) is 14.9 Å². The van der Waals surface area contributed by atoms with Crippen molar-refractivity contribution in [2.45, 2.75) is 45.2 Å². The maximum atomic E-state index is 12.4. The molecule has 4 rings (SSSR count). The minimum Gasteiger partial charge on any atom is -0.349 e. The van der Waals surface area contributed by atoms with Gasteiger partial charge in [0.1, 0.15) is 5.82 Å². The Morgan fingerprint density at radius 3 is 2.70 bits per heavy atom. The Bertz CT molecular complexity index is 704. The molecule has 2 aromatic rings. The summed E-state index contributed by atoms with van der Waals surface area (Å²) in [5.74, 6) is 2.65. The predicted octanol–water partition coefficient (Wildman–Crippen LogP) is 3.16. The van der Waals surface area contributed by atoms with Crippen molar-refractivity contribution in [1.82, 2.24) is 14.9 Å². The molecular weight excluding hydrogens is 286 g/mol. The molecule has 1 amide bonds. The second kappa shape index (κ2) is 5.84. The van der Waals surface area contributed by atoms with Crippen molar-refractivity contribution in [3.8, 4) is 0 Å². The Morgan fingerprint density at radius 1 is 1.26 bits per heavy atom. The molecule has 120 valence electrons. The lowest BCUT2D eigenvalue weighted by atomic mass is 9.95. The molecule has 2 bridgehead atoms. The van der Waals surface area contributed by atoms with E-state index in [0.717, 1.165) is 23.9 Å². The van der Waals surface area contributed by atoms with Crippen LogP contribution in [-0.2, 0) is 6.54 Å². The second-order valence-electron chi connectivity index (χ2n) is 7.05. The topological polar surface area (TPSA) is 46.9 Å². The Kier molecular flexibility index (Phi) is 3.68. The molecule has 2 saturated carbocycles. The average Bonchev–Trinajstić information content (AvgIpc) is 3.26. The van der Waals surface area contributed by atoms with Crippen molar-refractivity contribution in [1.29, 1.82) is 0 Å². The molecule has 1 aromatic heterocycles. The van der Waals surface area contributed by atoms with E-state index in [4.69, 9.17) is 0 Å². The Labute approximate surface area is 136 Å². The number of imidazole rings is 1. The molecule has 0 unspecified atom stereocenters. The van der Waals surface area contributed by atoms with Gasteiger partial charge in [0, 0.05) is 30.5 Å². The number of rotatable bonds is 4. The van der Waals surface area contributed by atoms with E-state index in [9.17, 15) is 4.79 Å². The number of hydrogen-bond acceptors (Lipinski definition) is 2. The lowest BCUT2D eigenvalue weighted by molar-refractivity contribution is 0.0923. The van der Waals surface area contributed by atoms with Crippen molar-refractivity contribution in [2.75, 3.05) is 0 Å². The van der Waals surface area contributed by atoms with E-state index >= 15 is 0 Å². The minimum absolute atomic E-state index is 0.0768. The molecular formula is C19H23N3O. The van der Waals surface area contributed by atoms with Crippen LogP contribution in [0.5, 0.6) is 0 Å². The van der Waals surface area contributed by atoms with Gasteiger partial charge in [0.25, 0.3) is 5.91 Å². The van der Waals surface area contributed by atoms with Gasteiger partial charge in [-0.3, -0.25) is 4.79 Å². The highest BCUT2D eigenvalue weighted by atomic mass is 16.1. The van der Waals surface area contributed by atoms with Crippen molar-refractivity contribution in [3.63, 3.8) is 0 Å². The normalized spacial score (nSPS) is 25.7. The molecule has 4 heteroatoms. The molecule has 1 aromatic carbocycles. The molecule has 3 atom stereocenters. The number of aromatic nitrogens is 2. The first kappa shape index (κ1) is 14.5. The van der Waals surface area contributed by atoms with E-state index in [1.54, 1.807) is 0 Å². The fourth-order valence-corrected chi connectivity index (χ4v) is 4.20. The number of aryl methyl sites for hydroxylation is 1. The van der Waals surface area contributed by atoms with Crippen molar-refractivity contribution in [3.05, 3.63) is 53.6 Å². The van der Waals surface area contributed by atoms with E-state index in [0.29, 0.717) is 12.0 Å².